The maximum absolute atomic E-state index is 13.2. The van der Waals surface area contributed by atoms with Gasteiger partial charge < -0.3 is 5.32 Å². The molecular formula is C11H13BrFN. The van der Waals surface area contributed by atoms with Crippen molar-refractivity contribution in [1.82, 2.24) is 5.32 Å². The Bertz CT molecular complexity index is 325. The molecule has 1 aromatic rings. The fourth-order valence-electron chi connectivity index (χ4n) is 1.03. The number of nitrogens with one attached hydrogen (secondary N) is 1. The first-order valence-electron chi connectivity index (χ1n) is 4.43. The Kier molecular flexibility index (Phi) is 4.29. The van der Waals surface area contributed by atoms with E-state index in [2.05, 4.69) is 27.8 Å². The first-order valence-corrected chi connectivity index (χ1v) is 5.22. The summed E-state index contributed by atoms with van der Waals surface area (Å²) in [6.07, 6.45) is 1.79. The van der Waals surface area contributed by atoms with Crippen molar-refractivity contribution in [2.45, 2.75) is 19.5 Å². The predicted octanol–water partition coefficient (Wildman–Crippen LogP) is 3.25. The van der Waals surface area contributed by atoms with E-state index >= 15 is 0 Å². The van der Waals surface area contributed by atoms with E-state index in [1.54, 1.807) is 18.2 Å². The Morgan fingerprint density at radius 3 is 3.00 bits per heavy atom. The molecule has 0 aliphatic rings. The van der Waals surface area contributed by atoms with Crippen LogP contribution in [0.4, 0.5) is 4.39 Å². The minimum atomic E-state index is -0.183. The van der Waals surface area contributed by atoms with E-state index in [-0.39, 0.29) is 11.9 Å². The Balaban J connectivity index is 2.66. The van der Waals surface area contributed by atoms with Gasteiger partial charge in [-0.15, -0.1) is 6.58 Å². The zero-order valence-electron chi connectivity index (χ0n) is 8.06. The second kappa shape index (κ2) is 5.27. The molecular weight excluding hydrogens is 245 g/mol. The molecule has 0 saturated carbocycles. The molecule has 0 aromatic heterocycles. The van der Waals surface area contributed by atoms with Crippen LogP contribution in [0.3, 0.4) is 0 Å². The fourth-order valence-corrected chi connectivity index (χ4v) is 1.44. The highest BCUT2D eigenvalue weighted by atomic mass is 79.9. The first kappa shape index (κ1) is 11.4. The highest BCUT2D eigenvalue weighted by molar-refractivity contribution is 9.10. The molecule has 0 aliphatic heterocycles. The van der Waals surface area contributed by atoms with Crippen molar-refractivity contribution in [2.24, 2.45) is 0 Å². The van der Waals surface area contributed by atoms with Crippen LogP contribution in [0.2, 0.25) is 0 Å². The predicted molar refractivity (Wildman–Crippen MR) is 60.6 cm³/mol. The first-order chi connectivity index (χ1) is 6.63. The summed E-state index contributed by atoms with van der Waals surface area (Å²) in [4.78, 5) is 0. The standard InChI is InChI=1S/C11H13BrFN/c1-3-8(2)14-7-9-6-10(12)4-5-11(9)13/h3-6,8,14H,1,7H2,2H3. The van der Waals surface area contributed by atoms with Gasteiger partial charge in [-0.25, -0.2) is 4.39 Å². The molecule has 1 nitrogen and oxygen atoms in total. The third-order valence-electron chi connectivity index (χ3n) is 1.98. The van der Waals surface area contributed by atoms with Gasteiger partial charge in [0.05, 0.1) is 0 Å². The molecule has 0 fully saturated rings. The molecule has 0 bridgehead atoms. The molecule has 0 amide bonds. The van der Waals surface area contributed by atoms with E-state index in [4.69, 9.17) is 0 Å². The average Bonchev–Trinajstić information content (AvgIpc) is 2.19. The number of hydrogen-bond donors (Lipinski definition) is 1. The topological polar surface area (TPSA) is 12.0 Å². The van der Waals surface area contributed by atoms with Gasteiger partial charge in [-0.05, 0) is 25.1 Å². The highest BCUT2D eigenvalue weighted by Crippen LogP contribution is 2.15. The molecule has 1 N–H and O–H groups in total. The van der Waals surface area contributed by atoms with Gasteiger partial charge in [0.2, 0.25) is 0 Å². The lowest BCUT2D eigenvalue weighted by Crippen LogP contribution is -2.23. The van der Waals surface area contributed by atoms with E-state index in [1.807, 2.05) is 6.92 Å². The summed E-state index contributed by atoms with van der Waals surface area (Å²) in [5.74, 6) is -0.183. The van der Waals surface area contributed by atoms with Gasteiger partial charge in [0.15, 0.2) is 0 Å². The number of benzene rings is 1. The average molecular weight is 258 g/mol. The molecule has 0 saturated heterocycles. The Morgan fingerprint density at radius 2 is 2.36 bits per heavy atom. The zero-order valence-corrected chi connectivity index (χ0v) is 9.64. The van der Waals surface area contributed by atoms with Crippen molar-refractivity contribution < 1.29 is 4.39 Å². The van der Waals surface area contributed by atoms with Crippen LogP contribution in [0.25, 0.3) is 0 Å². The summed E-state index contributed by atoms with van der Waals surface area (Å²) >= 11 is 3.31. The van der Waals surface area contributed by atoms with Crippen molar-refractivity contribution in [3.05, 3.63) is 46.7 Å². The van der Waals surface area contributed by atoms with Gasteiger partial charge in [-0.3, -0.25) is 0 Å². The van der Waals surface area contributed by atoms with Crippen LogP contribution >= 0.6 is 15.9 Å². The molecule has 1 aromatic carbocycles. The lowest BCUT2D eigenvalue weighted by Gasteiger charge is -2.09. The highest BCUT2D eigenvalue weighted by Gasteiger charge is 2.03. The van der Waals surface area contributed by atoms with Gasteiger partial charge in [0.1, 0.15) is 5.82 Å². The lowest BCUT2D eigenvalue weighted by molar-refractivity contribution is 0.573. The van der Waals surface area contributed by atoms with Crippen LogP contribution in [-0.4, -0.2) is 6.04 Å². The van der Waals surface area contributed by atoms with E-state index in [1.165, 1.54) is 6.07 Å². The maximum atomic E-state index is 13.2. The van der Waals surface area contributed by atoms with Crippen LogP contribution < -0.4 is 5.32 Å². The lowest BCUT2D eigenvalue weighted by atomic mass is 10.2. The molecule has 0 spiro atoms. The second-order valence-corrected chi connectivity index (χ2v) is 4.06. The van der Waals surface area contributed by atoms with Gasteiger partial charge in [-0.2, -0.15) is 0 Å². The molecule has 0 radical (unpaired) electrons. The third-order valence-corrected chi connectivity index (χ3v) is 2.47. The zero-order chi connectivity index (χ0) is 10.6. The second-order valence-electron chi connectivity index (χ2n) is 3.14. The van der Waals surface area contributed by atoms with Crippen LogP contribution in [0.1, 0.15) is 12.5 Å². The van der Waals surface area contributed by atoms with E-state index < -0.39 is 0 Å². The normalized spacial score (nSPS) is 12.5. The third kappa shape index (κ3) is 3.24. The minimum absolute atomic E-state index is 0.183. The van der Waals surface area contributed by atoms with Gasteiger partial charge in [-0.1, -0.05) is 22.0 Å². The number of hydrogen-bond acceptors (Lipinski definition) is 1. The fraction of sp³-hybridized carbons (Fsp3) is 0.273. The van der Waals surface area contributed by atoms with Crippen LogP contribution in [0.15, 0.2) is 35.3 Å². The maximum Gasteiger partial charge on any atom is 0.127 e. The summed E-state index contributed by atoms with van der Waals surface area (Å²) in [6.45, 7) is 6.13. The molecule has 1 unspecified atom stereocenters. The molecule has 76 valence electrons. The SMILES string of the molecule is C=CC(C)NCc1cc(Br)ccc1F. The van der Waals surface area contributed by atoms with Crippen molar-refractivity contribution >= 4 is 15.9 Å². The molecule has 1 atom stereocenters. The van der Waals surface area contributed by atoms with E-state index in [0.717, 1.165) is 4.47 Å². The van der Waals surface area contributed by atoms with Crippen molar-refractivity contribution in [1.29, 1.82) is 0 Å². The summed E-state index contributed by atoms with van der Waals surface area (Å²) in [5, 5.41) is 3.14. The minimum Gasteiger partial charge on any atom is -0.307 e. The molecule has 0 aliphatic carbocycles. The summed E-state index contributed by atoms with van der Waals surface area (Å²) in [5.41, 5.74) is 0.660. The summed E-state index contributed by atoms with van der Waals surface area (Å²) < 4.78 is 14.1. The Hall–Kier alpha value is -0.670. The van der Waals surface area contributed by atoms with Gasteiger partial charge in [0.25, 0.3) is 0 Å². The molecule has 3 heteroatoms. The smallest absolute Gasteiger partial charge is 0.127 e. The van der Waals surface area contributed by atoms with Crippen molar-refractivity contribution in [2.75, 3.05) is 0 Å². The van der Waals surface area contributed by atoms with E-state index in [0.29, 0.717) is 12.1 Å². The monoisotopic (exact) mass is 257 g/mol. The summed E-state index contributed by atoms with van der Waals surface area (Å²) in [7, 11) is 0. The van der Waals surface area contributed by atoms with Crippen LogP contribution in [-0.2, 0) is 6.54 Å². The summed E-state index contributed by atoms with van der Waals surface area (Å²) in [6, 6.07) is 5.11. The van der Waals surface area contributed by atoms with Crippen molar-refractivity contribution in [3.8, 4) is 0 Å². The Morgan fingerprint density at radius 1 is 1.64 bits per heavy atom. The van der Waals surface area contributed by atoms with Crippen molar-refractivity contribution in [3.63, 3.8) is 0 Å². The Labute approximate surface area is 92.1 Å². The van der Waals surface area contributed by atoms with Crippen LogP contribution in [0, 0.1) is 5.82 Å². The van der Waals surface area contributed by atoms with Gasteiger partial charge in [0, 0.05) is 22.6 Å². The van der Waals surface area contributed by atoms with E-state index in [9.17, 15) is 4.39 Å². The number of halogens is 2. The molecule has 1 rings (SSSR count). The molecule has 0 heterocycles. The largest absolute Gasteiger partial charge is 0.307 e. The molecule has 14 heavy (non-hydrogen) atoms. The quantitative estimate of drug-likeness (QED) is 0.817. The van der Waals surface area contributed by atoms with Gasteiger partial charge >= 0.3 is 0 Å². The van der Waals surface area contributed by atoms with Crippen LogP contribution in [0.5, 0.6) is 0 Å². The number of rotatable bonds is 4.